The van der Waals surface area contributed by atoms with Crippen molar-refractivity contribution in [3.63, 3.8) is 0 Å². The summed E-state index contributed by atoms with van der Waals surface area (Å²) >= 11 is 1.50. The molecule has 2 heterocycles. The van der Waals surface area contributed by atoms with Crippen molar-refractivity contribution in [2.24, 2.45) is 5.92 Å². The highest BCUT2D eigenvalue weighted by Crippen LogP contribution is 2.36. The Kier molecular flexibility index (Phi) is 4.74. The molecule has 0 saturated heterocycles. The summed E-state index contributed by atoms with van der Waals surface area (Å²) in [5.41, 5.74) is 0.427. The number of aromatic amines is 1. The Morgan fingerprint density at radius 1 is 1.39 bits per heavy atom. The van der Waals surface area contributed by atoms with Crippen LogP contribution in [0.3, 0.4) is 0 Å². The van der Waals surface area contributed by atoms with Crippen LogP contribution in [0.25, 0.3) is 10.2 Å². The van der Waals surface area contributed by atoms with Crippen LogP contribution in [0, 0.1) is 17.6 Å². The topological polar surface area (TPSA) is 72.0 Å². The second kappa shape index (κ2) is 7.09. The zero-order valence-corrected chi connectivity index (χ0v) is 16.2. The van der Waals surface area contributed by atoms with Crippen LogP contribution in [0.5, 0.6) is 0 Å². The van der Waals surface area contributed by atoms with Gasteiger partial charge >= 0.3 is 5.97 Å². The largest absolute Gasteiger partial charge is 0.451 e. The van der Waals surface area contributed by atoms with E-state index in [4.69, 9.17) is 4.74 Å². The Morgan fingerprint density at radius 2 is 2.18 bits per heavy atom. The van der Waals surface area contributed by atoms with Crippen molar-refractivity contribution in [3.05, 3.63) is 62.0 Å². The number of H-pyrrole nitrogens is 1. The minimum Gasteiger partial charge on any atom is -0.451 e. The third-order valence-corrected chi connectivity index (χ3v) is 6.15. The van der Waals surface area contributed by atoms with E-state index in [-0.39, 0.29) is 16.9 Å². The van der Waals surface area contributed by atoms with Crippen molar-refractivity contribution in [1.82, 2.24) is 9.97 Å². The van der Waals surface area contributed by atoms with Gasteiger partial charge in [-0.1, -0.05) is 6.92 Å². The lowest BCUT2D eigenvalue weighted by molar-refractivity contribution is 0.0314. The van der Waals surface area contributed by atoms with Crippen molar-refractivity contribution in [3.8, 4) is 0 Å². The number of nitrogens with zero attached hydrogens (tertiary/aromatic N) is 1. The number of rotatable bonds is 3. The van der Waals surface area contributed by atoms with Crippen molar-refractivity contribution in [1.29, 1.82) is 0 Å². The molecular weight excluding hydrogens is 386 g/mol. The average molecular weight is 404 g/mol. The lowest BCUT2D eigenvalue weighted by Gasteiger charge is -2.17. The maximum absolute atomic E-state index is 13.8. The van der Waals surface area contributed by atoms with Crippen molar-refractivity contribution >= 4 is 27.5 Å². The van der Waals surface area contributed by atoms with Crippen molar-refractivity contribution in [2.75, 3.05) is 0 Å². The lowest BCUT2D eigenvalue weighted by atomic mass is 9.89. The number of fused-ring (bicyclic) bond motifs is 3. The van der Waals surface area contributed by atoms with Crippen LogP contribution in [0.2, 0.25) is 0 Å². The van der Waals surface area contributed by atoms with Gasteiger partial charge in [-0.25, -0.2) is 18.6 Å². The molecular formula is C20H18F2N2O3S. The average Bonchev–Trinajstić information content (AvgIpc) is 2.99. The molecule has 2 aromatic heterocycles. The summed E-state index contributed by atoms with van der Waals surface area (Å²) in [6.45, 7) is 3.73. The first-order chi connectivity index (χ1) is 13.3. The van der Waals surface area contributed by atoms with Gasteiger partial charge in [-0.2, -0.15) is 0 Å². The number of aryl methyl sites for hydroxylation is 1. The molecule has 0 saturated carbocycles. The second-order valence-corrected chi connectivity index (χ2v) is 8.24. The van der Waals surface area contributed by atoms with E-state index in [1.807, 2.05) is 0 Å². The SMILES string of the molecule is C[C@H]1CCc2c(sc3nc([C@@H](C)OC(=O)c4ccc(F)cc4F)[nH]c(=O)c23)C1. The molecule has 1 aliphatic rings. The summed E-state index contributed by atoms with van der Waals surface area (Å²) in [4.78, 5) is 33.8. The number of benzene rings is 1. The fourth-order valence-electron chi connectivity index (χ4n) is 3.49. The number of ether oxygens (including phenoxy) is 1. The van der Waals surface area contributed by atoms with Gasteiger partial charge in [0.15, 0.2) is 11.9 Å². The molecule has 0 aliphatic heterocycles. The van der Waals surface area contributed by atoms with E-state index in [0.29, 0.717) is 22.2 Å². The van der Waals surface area contributed by atoms with E-state index in [0.717, 1.165) is 37.0 Å². The van der Waals surface area contributed by atoms with Crippen molar-refractivity contribution in [2.45, 2.75) is 39.2 Å². The number of nitrogens with one attached hydrogen (secondary N) is 1. The fourth-order valence-corrected chi connectivity index (χ4v) is 4.88. The van der Waals surface area contributed by atoms with E-state index < -0.39 is 23.7 Å². The highest BCUT2D eigenvalue weighted by Gasteiger charge is 2.25. The van der Waals surface area contributed by atoms with E-state index in [9.17, 15) is 18.4 Å². The van der Waals surface area contributed by atoms with Gasteiger partial charge in [-0.15, -0.1) is 11.3 Å². The molecule has 28 heavy (non-hydrogen) atoms. The van der Waals surface area contributed by atoms with Gasteiger partial charge in [0.2, 0.25) is 0 Å². The Hall–Kier alpha value is -2.61. The fraction of sp³-hybridized carbons (Fsp3) is 0.350. The number of hydrogen-bond acceptors (Lipinski definition) is 5. The number of esters is 1. The summed E-state index contributed by atoms with van der Waals surface area (Å²) in [5.74, 6) is -1.97. The number of carbonyl (C=O) groups is 1. The Balaban J connectivity index is 1.63. The quantitative estimate of drug-likeness (QED) is 0.661. The van der Waals surface area contributed by atoms with Crippen LogP contribution >= 0.6 is 11.3 Å². The number of thiophene rings is 1. The first-order valence-corrected chi connectivity index (χ1v) is 9.85. The van der Waals surface area contributed by atoms with Gasteiger partial charge in [0.25, 0.3) is 5.56 Å². The highest BCUT2D eigenvalue weighted by atomic mass is 32.1. The predicted molar refractivity (Wildman–Crippen MR) is 102 cm³/mol. The van der Waals surface area contributed by atoms with Gasteiger partial charge < -0.3 is 9.72 Å². The number of carbonyl (C=O) groups excluding carboxylic acids is 1. The molecule has 8 heteroatoms. The smallest absolute Gasteiger partial charge is 0.341 e. The lowest BCUT2D eigenvalue weighted by Crippen LogP contribution is -2.18. The Labute approximate surface area is 163 Å². The molecule has 1 aromatic carbocycles. The third-order valence-electron chi connectivity index (χ3n) is 5.00. The molecule has 3 aromatic rings. The summed E-state index contributed by atoms with van der Waals surface area (Å²) in [6, 6.07) is 2.62. The third kappa shape index (κ3) is 3.32. The van der Waals surface area contributed by atoms with E-state index >= 15 is 0 Å². The molecule has 0 spiro atoms. The highest BCUT2D eigenvalue weighted by molar-refractivity contribution is 7.18. The first kappa shape index (κ1) is 18.7. The van der Waals surface area contributed by atoms with Gasteiger partial charge in [-0.3, -0.25) is 4.79 Å². The van der Waals surface area contributed by atoms with Gasteiger partial charge in [0, 0.05) is 10.9 Å². The number of hydrogen-bond donors (Lipinski definition) is 1. The number of halogens is 2. The monoisotopic (exact) mass is 404 g/mol. The van der Waals surface area contributed by atoms with Gasteiger partial charge in [-0.05, 0) is 49.8 Å². The van der Waals surface area contributed by atoms with E-state index in [1.165, 1.54) is 16.2 Å². The minimum atomic E-state index is -1.01. The maximum atomic E-state index is 13.8. The summed E-state index contributed by atoms with van der Waals surface area (Å²) in [5, 5.41) is 0.610. The molecule has 146 valence electrons. The van der Waals surface area contributed by atoms with Crippen molar-refractivity contribution < 1.29 is 18.3 Å². The first-order valence-electron chi connectivity index (χ1n) is 9.04. The normalized spacial score (nSPS) is 17.4. The van der Waals surface area contributed by atoms with Crippen LogP contribution in [0.15, 0.2) is 23.0 Å². The summed E-state index contributed by atoms with van der Waals surface area (Å²) in [6.07, 6.45) is 1.93. The van der Waals surface area contributed by atoms with Crippen LogP contribution < -0.4 is 5.56 Å². The molecule has 0 bridgehead atoms. The predicted octanol–water partition coefficient (Wildman–Crippen LogP) is 4.31. The van der Waals surface area contributed by atoms with Gasteiger partial charge in [0.1, 0.15) is 16.5 Å². The molecule has 0 amide bonds. The Morgan fingerprint density at radius 3 is 2.93 bits per heavy atom. The summed E-state index contributed by atoms with van der Waals surface area (Å²) in [7, 11) is 0. The van der Waals surface area contributed by atoms with Crippen LogP contribution in [-0.4, -0.2) is 15.9 Å². The summed E-state index contributed by atoms with van der Waals surface area (Å²) < 4.78 is 32.0. The van der Waals surface area contributed by atoms with Crippen LogP contribution in [0.4, 0.5) is 8.78 Å². The molecule has 5 nitrogen and oxygen atoms in total. The minimum absolute atomic E-state index is 0.194. The van der Waals surface area contributed by atoms with E-state index in [1.54, 1.807) is 6.92 Å². The zero-order valence-electron chi connectivity index (χ0n) is 15.3. The standard InChI is InChI=1S/C20H18F2N2O3S/c1-9-3-5-13-15(7-9)28-19-16(13)18(25)23-17(24-19)10(2)27-20(26)12-6-4-11(21)8-14(12)22/h4,6,8-10H,3,5,7H2,1-2H3,(H,23,24,25)/t9-,10+/m0/s1. The van der Waals surface area contributed by atoms with Crippen LogP contribution in [-0.2, 0) is 17.6 Å². The molecule has 4 rings (SSSR count). The van der Waals surface area contributed by atoms with E-state index in [2.05, 4.69) is 16.9 Å². The molecule has 1 N–H and O–H groups in total. The maximum Gasteiger partial charge on any atom is 0.341 e. The van der Waals surface area contributed by atoms with Crippen LogP contribution in [0.1, 0.15) is 53.0 Å². The number of aromatic nitrogens is 2. The van der Waals surface area contributed by atoms with Gasteiger partial charge in [0.05, 0.1) is 10.9 Å². The second-order valence-electron chi connectivity index (χ2n) is 7.15. The Bertz CT molecular complexity index is 1140. The molecule has 1 aliphatic carbocycles. The molecule has 0 fully saturated rings. The zero-order chi connectivity index (χ0) is 20.0. The molecule has 0 radical (unpaired) electrons. The molecule has 2 atom stereocenters. The molecule has 0 unspecified atom stereocenters.